The standard InChI is InChI=1S/C29H23N3O5S/c1-36-22-10-5-7-19(17-22)27(33)31-21-12-14-24(15-13-21)38-26-25(30-20-8-3-2-4-9-20)28(34)32(29(26)35)18-23-11-6-16-37-23/h2-17,30H,18H2,1H3,(H,31,33). The molecule has 2 N–H and O–H groups in total. The number of carbonyl (C=O) groups is 3. The van der Waals surface area contributed by atoms with Crippen LogP contribution in [0.1, 0.15) is 16.1 Å². The van der Waals surface area contributed by atoms with Crippen LogP contribution in [0, 0.1) is 0 Å². The molecule has 190 valence electrons. The first-order chi connectivity index (χ1) is 18.5. The van der Waals surface area contributed by atoms with Gasteiger partial charge in [0.25, 0.3) is 17.7 Å². The molecule has 0 radical (unpaired) electrons. The number of thioether (sulfide) groups is 1. The molecule has 1 aromatic heterocycles. The highest BCUT2D eigenvalue weighted by Crippen LogP contribution is 2.37. The summed E-state index contributed by atoms with van der Waals surface area (Å²) in [6.45, 7) is 0.0317. The van der Waals surface area contributed by atoms with Gasteiger partial charge in [-0.2, -0.15) is 0 Å². The zero-order chi connectivity index (χ0) is 26.5. The second-order valence-corrected chi connectivity index (χ2v) is 9.37. The number of rotatable bonds is 9. The Bertz CT molecular complexity index is 1500. The first-order valence-corrected chi connectivity index (χ1v) is 12.5. The van der Waals surface area contributed by atoms with E-state index in [-0.39, 0.29) is 23.1 Å². The highest BCUT2D eigenvalue weighted by Gasteiger charge is 2.39. The van der Waals surface area contributed by atoms with E-state index in [9.17, 15) is 14.4 Å². The van der Waals surface area contributed by atoms with Crippen LogP contribution in [0.4, 0.5) is 11.4 Å². The minimum atomic E-state index is -0.431. The van der Waals surface area contributed by atoms with Gasteiger partial charge in [-0.3, -0.25) is 19.3 Å². The van der Waals surface area contributed by atoms with Crippen LogP contribution in [0.15, 0.2) is 117 Å². The molecule has 1 aliphatic heterocycles. The highest BCUT2D eigenvalue weighted by atomic mass is 32.2. The third-order valence-electron chi connectivity index (χ3n) is 5.73. The van der Waals surface area contributed by atoms with Crippen molar-refractivity contribution in [2.75, 3.05) is 17.7 Å². The predicted molar refractivity (Wildman–Crippen MR) is 145 cm³/mol. The molecular formula is C29H23N3O5S. The molecule has 38 heavy (non-hydrogen) atoms. The second-order valence-electron chi connectivity index (χ2n) is 8.28. The van der Waals surface area contributed by atoms with Crippen molar-refractivity contribution in [3.8, 4) is 5.75 Å². The Morgan fingerprint density at radius 1 is 0.895 bits per heavy atom. The normalized spacial score (nSPS) is 13.1. The minimum Gasteiger partial charge on any atom is -0.497 e. The summed E-state index contributed by atoms with van der Waals surface area (Å²) in [5.74, 6) is -0.0146. The third-order valence-corrected chi connectivity index (χ3v) is 6.82. The molecule has 3 amide bonds. The Morgan fingerprint density at radius 2 is 1.68 bits per heavy atom. The van der Waals surface area contributed by atoms with Crippen molar-refractivity contribution in [1.82, 2.24) is 4.90 Å². The minimum absolute atomic E-state index is 0.0317. The number of ether oxygens (including phenoxy) is 1. The average molecular weight is 526 g/mol. The molecule has 8 nitrogen and oxygen atoms in total. The van der Waals surface area contributed by atoms with Gasteiger partial charge in [-0.05, 0) is 66.7 Å². The van der Waals surface area contributed by atoms with Crippen molar-refractivity contribution in [3.05, 3.63) is 119 Å². The summed E-state index contributed by atoms with van der Waals surface area (Å²) < 4.78 is 10.5. The Kier molecular flexibility index (Phi) is 7.28. The first-order valence-electron chi connectivity index (χ1n) is 11.7. The molecule has 0 spiro atoms. The largest absolute Gasteiger partial charge is 0.497 e. The molecule has 5 rings (SSSR count). The molecule has 0 saturated carbocycles. The number of amides is 3. The van der Waals surface area contributed by atoms with E-state index in [2.05, 4.69) is 10.6 Å². The molecule has 0 atom stereocenters. The smallest absolute Gasteiger partial charge is 0.278 e. The van der Waals surface area contributed by atoms with Crippen molar-refractivity contribution >= 4 is 40.9 Å². The number of hydrogen-bond acceptors (Lipinski definition) is 7. The van der Waals surface area contributed by atoms with Gasteiger partial charge in [-0.15, -0.1) is 0 Å². The van der Waals surface area contributed by atoms with Crippen molar-refractivity contribution < 1.29 is 23.5 Å². The maximum absolute atomic E-state index is 13.3. The Labute approximate surface area is 223 Å². The number of hydrogen-bond donors (Lipinski definition) is 2. The van der Waals surface area contributed by atoms with Crippen LogP contribution < -0.4 is 15.4 Å². The van der Waals surface area contributed by atoms with E-state index in [0.29, 0.717) is 28.4 Å². The molecule has 0 unspecified atom stereocenters. The first kappa shape index (κ1) is 24.9. The molecule has 9 heteroatoms. The van der Waals surface area contributed by atoms with Crippen molar-refractivity contribution in [3.63, 3.8) is 0 Å². The maximum Gasteiger partial charge on any atom is 0.278 e. The van der Waals surface area contributed by atoms with Gasteiger partial charge in [0.2, 0.25) is 0 Å². The van der Waals surface area contributed by atoms with Gasteiger partial charge in [0.05, 0.1) is 19.9 Å². The molecular weight excluding hydrogens is 502 g/mol. The molecule has 0 fully saturated rings. The van der Waals surface area contributed by atoms with Crippen LogP contribution in [-0.2, 0) is 16.1 Å². The van der Waals surface area contributed by atoms with Crippen molar-refractivity contribution in [1.29, 1.82) is 0 Å². The lowest BCUT2D eigenvalue weighted by molar-refractivity contribution is -0.138. The van der Waals surface area contributed by atoms with Crippen molar-refractivity contribution in [2.24, 2.45) is 0 Å². The van der Waals surface area contributed by atoms with Gasteiger partial charge < -0.3 is 19.8 Å². The van der Waals surface area contributed by atoms with E-state index < -0.39 is 11.8 Å². The van der Waals surface area contributed by atoms with E-state index in [1.807, 2.05) is 30.3 Å². The molecule has 2 heterocycles. The number of carbonyl (C=O) groups excluding carboxylic acids is 3. The molecule has 4 aromatic rings. The predicted octanol–water partition coefficient (Wildman–Crippen LogP) is 5.53. The fourth-order valence-electron chi connectivity index (χ4n) is 3.82. The van der Waals surface area contributed by atoms with Crippen LogP contribution in [-0.4, -0.2) is 29.7 Å². The van der Waals surface area contributed by atoms with E-state index in [1.54, 1.807) is 67.8 Å². The maximum atomic E-state index is 13.3. The third kappa shape index (κ3) is 5.47. The summed E-state index contributed by atoms with van der Waals surface area (Å²) >= 11 is 1.18. The Hall–Kier alpha value is -4.76. The van der Waals surface area contributed by atoms with Crippen LogP contribution in [0.5, 0.6) is 5.75 Å². The van der Waals surface area contributed by atoms with Crippen LogP contribution in [0.3, 0.4) is 0 Å². The lowest BCUT2D eigenvalue weighted by Crippen LogP contribution is -2.31. The lowest BCUT2D eigenvalue weighted by atomic mass is 10.2. The van der Waals surface area contributed by atoms with Crippen LogP contribution in [0.25, 0.3) is 0 Å². The van der Waals surface area contributed by atoms with E-state index in [4.69, 9.17) is 9.15 Å². The number of furan rings is 1. The average Bonchev–Trinajstić information content (AvgIpc) is 3.54. The van der Waals surface area contributed by atoms with Gasteiger partial charge >= 0.3 is 0 Å². The number of benzene rings is 3. The van der Waals surface area contributed by atoms with Gasteiger partial charge in [0.1, 0.15) is 22.1 Å². The summed E-state index contributed by atoms with van der Waals surface area (Å²) in [6.07, 6.45) is 1.50. The van der Waals surface area contributed by atoms with E-state index in [0.717, 1.165) is 9.80 Å². The Morgan fingerprint density at radius 3 is 2.39 bits per heavy atom. The van der Waals surface area contributed by atoms with Crippen molar-refractivity contribution in [2.45, 2.75) is 11.4 Å². The molecule has 1 aliphatic rings. The summed E-state index contributed by atoms with van der Waals surface area (Å²) in [7, 11) is 1.54. The fourth-order valence-corrected chi connectivity index (χ4v) is 4.76. The number of anilines is 2. The quantitative estimate of drug-likeness (QED) is 0.277. The summed E-state index contributed by atoms with van der Waals surface area (Å²) in [5.41, 5.74) is 1.95. The summed E-state index contributed by atoms with van der Waals surface area (Å²) in [4.78, 5) is 41.4. The highest BCUT2D eigenvalue weighted by molar-refractivity contribution is 8.04. The number of methoxy groups -OCH3 is 1. The SMILES string of the molecule is COc1cccc(C(=O)Nc2ccc(SC3=C(Nc4ccccc4)C(=O)N(Cc4ccco4)C3=O)cc2)c1. The molecule has 0 saturated heterocycles. The zero-order valence-electron chi connectivity index (χ0n) is 20.3. The monoisotopic (exact) mass is 525 g/mol. The molecule has 3 aromatic carbocycles. The number of nitrogens with one attached hydrogen (secondary N) is 2. The number of nitrogens with zero attached hydrogens (tertiary/aromatic N) is 1. The van der Waals surface area contributed by atoms with Gasteiger partial charge in [0, 0.05) is 21.8 Å². The van der Waals surface area contributed by atoms with Crippen LogP contribution in [0.2, 0.25) is 0 Å². The molecule has 0 bridgehead atoms. The zero-order valence-corrected chi connectivity index (χ0v) is 21.2. The van der Waals surface area contributed by atoms with Gasteiger partial charge in [-0.25, -0.2) is 0 Å². The number of para-hydroxylation sites is 1. The van der Waals surface area contributed by atoms with Gasteiger partial charge in [0.15, 0.2) is 0 Å². The summed E-state index contributed by atoms with van der Waals surface area (Å²) in [6, 6.07) is 26.6. The Balaban J connectivity index is 1.35. The topological polar surface area (TPSA) is 101 Å². The second kappa shape index (κ2) is 11.1. The van der Waals surface area contributed by atoms with E-state index in [1.165, 1.54) is 18.0 Å². The van der Waals surface area contributed by atoms with Gasteiger partial charge in [-0.1, -0.05) is 36.0 Å². The fraction of sp³-hybridized carbons (Fsp3) is 0.0690. The summed E-state index contributed by atoms with van der Waals surface area (Å²) in [5, 5.41) is 5.97. The molecule has 0 aliphatic carbocycles. The van der Waals surface area contributed by atoms with Crippen LogP contribution >= 0.6 is 11.8 Å². The van der Waals surface area contributed by atoms with E-state index >= 15 is 0 Å². The lowest BCUT2D eigenvalue weighted by Gasteiger charge is -2.13. The number of imide groups is 1.